The number of rotatable bonds is 3. The Balaban J connectivity index is 2.57. The van der Waals surface area contributed by atoms with Crippen molar-refractivity contribution in [3.05, 3.63) is 22.8 Å². The molecule has 0 spiro atoms. The van der Waals surface area contributed by atoms with E-state index in [9.17, 15) is 5.11 Å². The molecule has 2 atom stereocenters. The largest absolute Gasteiger partial charge is 0.389 e. The van der Waals surface area contributed by atoms with Gasteiger partial charge in [-0.1, -0.05) is 38.7 Å². The van der Waals surface area contributed by atoms with Crippen LogP contribution in [-0.4, -0.2) is 15.5 Å². The van der Waals surface area contributed by atoms with E-state index in [1.165, 1.54) is 11.1 Å². The van der Waals surface area contributed by atoms with Crippen molar-refractivity contribution < 1.29 is 5.11 Å². The third kappa shape index (κ3) is 4.59. The van der Waals surface area contributed by atoms with Gasteiger partial charge in [0.25, 0.3) is 0 Å². The summed E-state index contributed by atoms with van der Waals surface area (Å²) in [5.74, 6) is 0. The van der Waals surface area contributed by atoms with Gasteiger partial charge in [0, 0.05) is 4.83 Å². The minimum absolute atomic E-state index is 0.206. The average Bonchev–Trinajstić information content (AvgIpc) is 2.21. The summed E-state index contributed by atoms with van der Waals surface area (Å²) < 4.78 is 0. The van der Waals surface area contributed by atoms with Crippen LogP contribution in [0.25, 0.3) is 0 Å². The molecule has 1 rings (SSSR count). The first-order valence-corrected chi connectivity index (χ1v) is 7.42. The topological polar surface area (TPSA) is 20.2 Å². The van der Waals surface area contributed by atoms with Gasteiger partial charge in [-0.15, -0.1) is 0 Å². The van der Waals surface area contributed by atoms with Gasteiger partial charge in [0.1, 0.15) is 0 Å². The van der Waals surface area contributed by atoms with Crippen molar-refractivity contribution in [2.75, 3.05) is 0 Å². The zero-order valence-corrected chi connectivity index (χ0v) is 13.1. The van der Waals surface area contributed by atoms with Gasteiger partial charge in [-0.3, -0.25) is 0 Å². The van der Waals surface area contributed by atoms with Gasteiger partial charge >= 0.3 is 0 Å². The molecule has 0 aromatic rings. The van der Waals surface area contributed by atoms with Crippen molar-refractivity contribution in [1.82, 2.24) is 0 Å². The SMILES string of the molecule is CC(C)=CCC/C(C)=C1\CC[C@](C)(O)[C@@H](Br)C1. The normalized spacial score (nSPS) is 32.2. The lowest BCUT2D eigenvalue weighted by atomic mass is 9.81. The second kappa shape index (κ2) is 6.19. The van der Waals surface area contributed by atoms with Crippen LogP contribution in [0.1, 0.15) is 59.8 Å². The van der Waals surface area contributed by atoms with E-state index < -0.39 is 5.60 Å². The van der Waals surface area contributed by atoms with Crippen LogP contribution in [-0.2, 0) is 0 Å². The highest BCUT2D eigenvalue weighted by Crippen LogP contribution is 2.38. The Kier molecular flexibility index (Phi) is 5.46. The molecule has 17 heavy (non-hydrogen) atoms. The van der Waals surface area contributed by atoms with Crippen LogP contribution in [0.2, 0.25) is 0 Å². The zero-order valence-electron chi connectivity index (χ0n) is 11.5. The van der Waals surface area contributed by atoms with Crippen LogP contribution < -0.4 is 0 Å². The highest BCUT2D eigenvalue weighted by atomic mass is 79.9. The van der Waals surface area contributed by atoms with E-state index in [0.717, 1.165) is 32.1 Å². The highest BCUT2D eigenvalue weighted by molar-refractivity contribution is 9.09. The zero-order chi connectivity index (χ0) is 13.1. The van der Waals surface area contributed by atoms with Crippen LogP contribution in [0.5, 0.6) is 0 Å². The Bertz CT molecular complexity index is 322. The summed E-state index contributed by atoms with van der Waals surface area (Å²) in [6, 6.07) is 0. The number of hydrogen-bond acceptors (Lipinski definition) is 1. The first kappa shape index (κ1) is 15.0. The maximum atomic E-state index is 10.1. The molecular weight excluding hydrogens is 276 g/mol. The molecule has 0 aromatic heterocycles. The predicted octanol–water partition coefficient (Wildman–Crippen LogP) is 4.75. The molecule has 1 aliphatic rings. The fraction of sp³-hybridized carbons (Fsp3) is 0.733. The maximum absolute atomic E-state index is 10.1. The maximum Gasteiger partial charge on any atom is 0.0750 e. The summed E-state index contributed by atoms with van der Waals surface area (Å²) in [6.45, 7) is 8.47. The van der Waals surface area contributed by atoms with Crippen LogP contribution in [0, 0.1) is 0 Å². The van der Waals surface area contributed by atoms with E-state index in [4.69, 9.17) is 0 Å². The van der Waals surface area contributed by atoms with Crippen LogP contribution in [0.15, 0.2) is 22.8 Å². The van der Waals surface area contributed by atoms with Gasteiger partial charge < -0.3 is 5.11 Å². The monoisotopic (exact) mass is 300 g/mol. The predicted molar refractivity (Wildman–Crippen MR) is 78.6 cm³/mol. The van der Waals surface area contributed by atoms with Crippen molar-refractivity contribution in [3.63, 3.8) is 0 Å². The molecule has 0 amide bonds. The number of allylic oxidation sites excluding steroid dienone is 4. The van der Waals surface area contributed by atoms with Gasteiger partial charge in [-0.25, -0.2) is 0 Å². The van der Waals surface area contributed by atoms with E-state index in [0.29, 0.717) is 0 Å². The molecule has 98 valence electrons. The number of halogens is 1. The van der Waals surface area contributed by atoms with E-state index in [-0.39, 0.29) is 4.83 Å². The first-order valence-electron chi connectivity index (χ1n) is 6.50. The lowest BCUT2D eigenvalue weighted by Crippen LogP contribution is -2.38. The van der Waals surface area contributed by atoms with Crippen molar-refractivity contribution in [2.24, 2.45) is 0 Å². The summed E-state index contributed by atoms with van der Waals surface area (Å²) in [6.07, 6.45) is 7.51. The quantitative estimate of drug-likeness (QED) is 0.589. The molecule has 1 nitrogen and oxygen atoms in total. The first-order chi connectivity index (χ1) is 7.83. The Morgan fingerprint density at radius 3 is 2.65 bits per heavy atom. The Morgan fingerprint density at radius 1 is 1.47 bits per heavy atom. The Hall–Kier alpha value is -0.0800. The number of aliphatic hydroxyl groups is 1. The molecular formula is C15H25BrO. The smallest absolute Gasteiger partial charge is 0.0750 e. The molecule has 0 bridgehead atoms. The third-order valence-electron chi connectivity index (χ3n) is 3.71. The average molecular weight is 301 g/mol. The fourth-order valence-electron chi connectivity index (χ4n) is 2.24. The van der Waals surface area contributed by atoms with Crippen LogP contribution in [0.3, 0.4) is 0 Å². The van der Waals surface area contributed by atoms with Crippen LogP contribution in [0.4, 0.5) is 0 Å². The van der Waals surface area contributed by atoms with Crippen molar-refractivity contribution in [2.45, 2.75) is 70.2 Å². The second-order valence-corrected chi connectivity index (χ2v) is 6.84. The molecule has 0 aromatic carbocycles. The highest BCUT2D eigenvalue weighted by Gasteiger charge is 2.34. The van der Waals surface area contributed by atoms with Crippen molar-refractivity contribution >= 4 is 15.9 Å². The molecule has 1 N–H and O–H groups in total. The molecule has 0 saturated heterocycles. The summed E-state index contributed by atoms with van der Waals surface area (Å²) >= 11 is 3.61. The van der Waals surface area contributed by atoms with E-state index >= 15 is 0 Å². The molecule has 1 saturated carbocycles. The summed E-state index contributed by atoms with van der Waals surface area (Å²) in [4.78, 5) is 0.206. The number of hydrogen-bond donors (Lipinski definition) is 1. The molecule has 0 aliphatic heterocycles. The molecule has 0 heterocycles. The summed E-state index contributed by atoms with van der Waals surface area (Å²) in [5, 5.41) is 10.1. The van der Waals surface area contributed by atoms with Gasteiger partial charge in [0.05, 0.1) is 5.60 Å². The Morgan fingerprint density at radius 2 is 2.12 bits per heavy atom. The van der Waals surface area contributed by atoms with E-state index in [1.807, 2.05) is 6.92 Å². The third-order valence-corrected chi connectivity index (χ3v) is 5.02. The van der Waals surface area contributed by atoms with Crippen molar-refractivity contribution in [1.29, 1.82) is 0 Å². The van der Waals surface area contributed by atoms with Crippen molar-refractivity contribution in [3.8, 4) is 0 Å². The van der Waals surface area contributed by atoms with E-state index in [2.05, 4.69) is 42.8 Å². The second-order valence-electron chi connectivity index (χ2n) is 5.73. The van der Waals surface area contributed by atoms with Gasteiger partial charge in [-0.05, 0) is 59.8 Å². The lowest BCUT2D eigenvalue weighted by molar-refractivity contribution is 0.0409. The standard InChI is InChI=1S/C15H25BrO/c1-11(2)6-5-7-12(3)13-8-9-15(4,17)14(16)10-13/h6,14,17H,5,7-10H2,1-4H3/b13-12+/t14-,15-/m0/s1. The van der Waals surface area contributed by atoms with Gasteiger partial charge in [0.15, 0.2) is 0 Å². The number of alkyl halides is 1. The summed E-state index contributed by atoms with van der Waals surface area (Å²) in [7, 11) is 0. The molecule has 1 fully saturated rings. The summed E-state index contributed by atoms with van der Waals surface area (Å²) in [5.41, 5.74) is 3.92. The molecule has 1 aliphatic carbocycles. The lowest BCUT2D eigenvalue weighted by Gasteiger charge is -2.35. The molecule has 2 heteroatoms. The molecule has 0 radical (unpaired) electrons. The fourth-order valence-corrected chi connectivity index (χ4v) is 2.86. The van der Waals surface area contributed by atoms with Gasteiger partial charge in [-0.2, -0.15) is 0 Å². The minimum Gasteiger partial charge on any atom is -0.389 e. The van der Waals surface area contributed by atoms with Gasteiger partial charge in [0.2, 0.25) is 0 Å². The van der Waals surface area contributed by atoms with E-state index in [1.54, 1.807) is 5.57 Å². The minimum atomic E-state index is -0.538. The van der Waals surface area contributed by atoms with Crippen LogP contribution >= 0.6 is 15.9 Å². The molecule has 0 unspecified atom stereocenters. The Labute approximate surface area is 114 Å².